The van der Waals surface area contributed by atoms with Crippen LogP contribution in [0.2, 0.25) is 0 Å². The first kappa shape index (κ1) is 16.4. The van der Waals surface area contributed by atoms with E-state index >= 15 is 0 Å². The molecular weight excluding hydrogens is 374 g/mol. The van der Waals surface area contributed by atoms with Crippen LogP contribution in [0.5, 0.6) is 17.2 Å². The molecule has 24 heavy (non-hydrogen) atoms. The van der Waals surface area contributed by atoms with Gasteiger partial charge in [-0.15, -0.1) is 0 Å². The zero-order valence-electron chi connectivity index (χ0n) is 13.0. The van der Waals surface area contributed by atoms with Gasteiger partial charge in [0.15, 0.2) is 11.5 Å². The molecule has 0 saturated heterocycles. The minimum atomic E-state index is -0.241. The van der Waals surface area contributed by atoms with E-state index in [1.807, 2.05) is 24.3 Å². The van der Waals surface area contributed by atoms with Crippen molar-refractivity contribution in [2.24, 2.45) is 0 Å². The van der Waals surface area contributed by atoms with Crippen molar-refractivity contribution in [3.63, 3.8) is 0 Å². The molecule has 0 fully saturated rings. The normalized spacial score (nSPS) is 12.9. The largest absolute Gasteiger partial charge is 0.497 e. The highest BCUT2D eigenvalue weighted by Gasteiger charge is 2.15. The van der Waals surface area contributed by atoms with Crippen LogP contribution in [0.1, 0.15) is 5.56 Å². The van der Waals surface area contributed by atoms with Crippen LogP contribution in [-0.2, 0) is 4.79 Å². The van der Waals surface area contributed by atoms with E-state index in [1.165, 1.54) is 6.08 Å². The minimum Gasteiger partial charge on any atom is -0.497 e. The molecule has 1 N–H and O–H groups in total. The third-order valence-electron chi connectivity index (χ3n) is 3.41. The zero-order chi connectivity index (χ0) is 16.9. The molecule has 1 heterocycles. The average Bonchev–Trinajstić information content (AvgIpc) is 2.61. The maximum Gasteiger partial charge on any atom is 0.248 e. The fourth-order valence-corrected chi connectivity index (χ4v) is 2.67. The lowest BCUT2D eigenvalue weighted by Crippen LogP contribution is -2.16. The molecule has 0 saturated carbocycles. The number of carbonyl (C=O) groups is 1. The Bertz CT molecular complexity index is 789. The summed E-state index contributed by atoms with van der Waals surface area (Å²) in [5, 5.41) is 2.82. The summed E-state index contributed by atoms with van der Waals surface area (Å²) in [6, 6.07) is 11.0. The van der Waals surface area contributed by atoms with E-state index in [9.17, 15) is 4.79 Å². The van der Waals surface area contributed by atoms with Gasteiger partial charge in [-0.2, -0.15) is 0 Å². The Morgan fingerprint density at radius 1 is 1.21 bits per heavy atom. The van der Waals surface area contributed by atoms with Crippen molar-refractivity contribution in [3.8, 4) is 17.2 Å². The molecule has 0 aromatic heterocycles. The maximum absolute atomic E-state index is 12.1. The number of carbonyl (C=O) groups excluding carboxylic acids is 1. The molecule has 0 aliphatic carbocycles. The van der Waals surface area contributed by atoms with Crippen LogP contribution >= 0.6 is 15.9 Å². The quantitative estimate of drug-likeness (QED) is 0.806. The van der Waals surface area contributed by atoms with E-state index in [2.05, 4.69) is 21.2 Å². The highest BCUT2D eigenvalue weighted by molar-refractivity contribution is 9.10. The Kier molecular flexibility index (Phi) is 5.05. The van der Waals surface area contributed by atoms with Crippen molar-refractivity contribution in [2.75, 3.05) is 25.6 Å². The first-order valence-corrected chi connectivity index (χ1v) is 8.17. The average molecular weight is 390 g/mol. The number of ether oxygens (including phenoxy) is 3. The molecule has 0 spiro atoms. The van der Waals surface area contributed by atoms with Gasteiger partial charge in [-0.3, -0.25) is 4.79 Å². The van der Waals surface area contributed by atoms with Crippen LogP contribution in [-0.4, -0.2) is 26.2 Å². The Morgan fingerprint density at radius 3 is 2.71 bits per heavy atom. The molecule has 0 atom stereocenters. The Labute approximate surface area is 148 Å². The molecule has 2 aromatic rings. The van der Waals surface area contributed by atoms with Gasteiger partial charge in [0.2, 0.25) is 5.91 Å². The highest BCUT2D eigenvalue weighted by Crippen LogP contribution is 2.38. The third-order valence-corrected chi connectivity index (χ3v) is 4.07. The van der Waals surface area contributed by atoms with E-state index in [4.69, 9.17) is 14.2 Å². The van der Waals surface area contributed by atoms with Gasteiger partial charge in [0.1, 0.15) is 19.0 Å². The number of amides is 1. The summed E-state index contributed by atoms with van der Waals surface area (Å²) in [6.07, 6.45) is 3.20. The fraction of sp³-hybridized carbons (Fsp3) is 0.167. The number of halogens is 1. The molecule has 6 heteroatoms. The van der Waals surface area contributed by atoms with Crippen LogP contribution < -0.4 is 19.5 Å². The lowest BCUT2D eigenvalue weighted by molar-refractivity contribution is -0.111. The minimum absolute atomic E-state index is 0.241. The van der Waals surface area contributed by atoms with Crippen molar-refractivity contribution < 1.29 is 19.0 Å². The Hall–Kier alpha value is -2.47. The summed E-state index contributed by atoms with van der Waals surface area (Å²) in [6.45, 7) is 1.02. The highest BCUT2D eigenvalue weighted by atomic mass is 79.9. The van der Waals surface area contributed by atoms with Crippen molar-refractivity contribution in [2.45, 2.75) is 0 Å². The van der Waals surface area contributed by atoms with E-state index in [0.717, 1.165) is 15.8 Å². The lowest BCUT2D eigenvalue weighted by atomic mass is 10.2. The topological polar surface area (TPSA) is 56.8 Å². The summed E-state index contributed by atoms with van der Waals surface area (Å²) in [7, 11) is 1.61. The molecule has 124 valence electrons. The third kappa shape index (κ3) is 3.89. The molecule has 2 aromatic carbocycles. The monoisotopic (exact) mass is 389 g/mol. The molecular formula is C18H16BrNO4. The first-order valence-electron chi connectivity index (χ1n) is 7.38. The summed E-state index contributed by atoms with van der Waals surface area (Å²) in [5.41, 5.74) is 1.50. The zero-order valence-corrected chi connectivity index (χ0v) is 14.6. The standard InChI is InChI=1S/C18H16BrNO4/c1-22-13-4-2-3-12(9-13)5-6-18(21)20-15-11-17-16(10-14(15)19)23-7-8-24-17/h2-6,9-11H,7-8H2,1H3,(H,20,21)/b6-5+. The number of rotatable bonds is 4. The van der Waals surface area contributed by atoms with Crippen LogP contribution in [0.25, 0.3) is 6.08 Å². The van der Waals surface area contributed by atoms with Gasteiger partial charge in [-0.25, -0.2) is 0 Å². The van der Waals surface area contributed by atoms with Gasteiger partial charge in [0, 0.05) is 22.7 Å². The van der Waals surface area contributed by atoms with E-state index in [0.29, 0.717) is 30.4 Å². The molecule has 1 aliphatic heterocycles. The maximum atomic E-state index is 12.1. The van der Waals surface area contributed by atoms with Crippen LogP contribution in [0.3, 0.4) is 0 Å². The summed E-state index contributed by atoms with van der Waals surface area (Å²) in [5.74, 6) is 1.79. The van der Waals surface area contributed by atoms with Crippen molar-refractivity contribution >= 4 is 33.6 Å². The van der Waals surface area contributed by atoms with Crippen LogP contribution in [0.4, 0.5) is 5.69 Å². The van der Waals surface area contributed by atoms with E-state index in [-0.39, 0.29) is 5.91 Å². The second-order valence-electron chi connectivity index (χ2n) is 5.07. The second-order valence-corrected chi connectivity index (χ2v) is 5.93. The van der Waals surface area contributed by atoms with E-state index < -0.39 is 0 Å². The SMILES string of the molecule is COc1cccc(/C=C/C(=O)Nc2cc3c(cc2Br)OCCO3)c1. The molecule has 1 amide bonds. The fourth-order valence-electron chi connectivity index (χ4n) is 2.25. The van der Waals surface area contributed by atoms with Gasteiger partial charge in [-0.05, 0) is 39.7 Å². The number of nitrogens with one attached hydrogen (secondary N) is 1. The molecule has 5 nitrogen and oxygen atoms in total. The van der Waals surface area contributed by atoms with Gasteiger partial charge in [-0.1, -0.05) is 12.1 Å². The smallest absolute Gasteiger partial charge is 0.248 e. The van der Waals surface area contributed by atoms with Crippen molar-refractivity contribution in [3.05, 3.63) is 52.5 Å². The van der Waals surface area contributed by atoms with Crippen molar-refractivity contribution in [1.82, 2.24) is 0 Å². The number of hydrogen-bond acceptors (Lipinski definition) is 4. The molecule has 1 aliphatic rings. The van der Waals surface area contributed by atoms with Gasteiger partial charge in [0.25, 0.3) is 0 Å². The van der Waals surface area contributed by atoms with Crippen LogP contribution in [0.15, 0.2) is 46.9 Å². The number of anilines is 1. The summed E-state index contributed by atoms with van der Waals surface area (Å²) >= 11 is 3.43. The number of methoxy groups -OCH3 is 1. The molecule has 0 unspecified atom stereocenters. The van der Waals surface area contributed by atoms with Crippen LogP contribution in [0, 0.1) is 0 Å². The predicted octanol–water partition coefficient (Wildman–Crippen LogP) is 3.88. The predicted molar refractivity (Wildman–Crippen MR) is 95.8 cm³/mol. The summed E-state index contributed by atoms with van der Waals surface area (Å²) in [4.78, 5) is 12.1. The molecule has 3 rings (SSSR count). The number of benzene rings is 2. The van der Waals surface area contributed by atoms with Crippen molar-refractivity contribution in [1.29, 1.82) is 0 Å². The summed E-state index contributed by atoms with van der Waals surface area (Å²) < 4.78 is 16.9. The number of fused-ring (bicyclic) bond motifs is 1. The van der Waals surface area contributed by atoms with Gasteiger partial charge in [0.05, 0.1) is 12.8 Å². The number of hydrogen-bond donors (Lipinski definition) is 1. The second kappa shape index (κ2) is 7.40. The Balaban J connectivity index is 1.71. The lowest BCUT2D eigenvalue weighted by Gasteiger charge is -2.19. The first-order chi connectivity index (χ1) is 11.7. The Morgan fingerprint density at radius 2 is 1.96 bits per heavy atom. The van der Waals surface area contributed by atoms with E-state index in [1.54, 1.807) is 25.3 Å². The van der Waals surface area contributed by atoms with Gasteiger partial charge < -0.3 is 19.5 Å². The molecule has 0 bridgehead atoms. The molecule has 0 radical (unpaired) electrons. The van der Waals surface area contributed by atoms with Gasteiger partial charge >= 0.3 is 0 Å².